The zero-order valence-electron chi connectivity index (χ0n) is 24.1. The Morgan fingerprint density at radius 3 is 2.16 bits per heavy atom. The number of amidine groups is 2. The molecule has 44 heavy (non-hydrogen) atoms. The molecule has 1 fully saturated rings. The van der Waals surface area contributed by atoms with Crippen LogP contribution in [0.25, 0.3) is 5.69 Å². The summed E-state index contributed by atoms with van der Waals surface area (Å²) < 4.78 is 15.5. The van der Waals surface area contributed by atoms with Crippen LogP contribution < -0.4 is 9.80 Å². The molecule has 7 nitrogen and oxygen atoms in total. The van der Waals surface area contributed by atoms with Gasteiger partial charge in [-0.15, -0.1) is 0 Å². The number of aliphatic imine (C=N–C) groups is 2. The van der Waals surface area contributed by atoms with Crippen molar-refractivity contribution in [1.82, 2.24) is 14.7 Å². The first kappa shape index (κ1) is 26.7. The van der Waals surface area contributed by atoms with Crippen molar-refractivity contribution in [3.63, 3.8) is 0 Å². The maximum atomic E-state index is 13.6. The van der Waals surface area contributed by atoms with Crippen molar-refractivity contribution < 1.29 is 4.39 Å². The number of anilines is 2. The molecule has 218 valence electrons. The summed E-state index contributed by atoms with van der Waals surface area (Å²) in [7, 11) is 0. The molecule has 0 aliphatic carbocycles. The van der Waals surface area contributed by atoms with Gasteiger partial charge in [-0.2, -0.15) is 5.10 Å². The van der Waals surface area contributed by atoms with Crippen LogP contribution in [0.3, 0.4) is 0 Å². The van der Waals surface area contributed by atoms with Gasteiger partial charge in [0, 0.05) is 42.5 Å². The first-order valence-corrected chi connectivity index (χ1v) is 15.2. The monoisotopic (exact) mass is 601 g/mol. The van der Waals surface area contributed by atoms with E-state index in [0.29, 0.717) is 5.02 Å². The summed E-state index contributed by atoms with van der Waals surface area (Å²) >= 11 is 6.96. The van der Waals surface area contributed by atoms with Gasteiger partial charge in [-0.25, -0.2) is 19.1 Å². The third-order valence-corrected chi connectivity index (χ3v) is 8.94. The number of rotatable bonds is 3. The maximum absolute atomic E-state index is 13.6. The number of nitrogens with zero attached hydrogens (tertiary/aromatic N) is 7. The van der Waals surface area contributed by atoms with Crippen molar-refractivity contribution in [2.24, 2.45) is 9.98 Å². The lowest BCUT2D eigenvalue weighted by atomic mass is 9.93. The lowest BCUT2D eigenvalue weighted by Crippen LogP contribution is -2.55. The van der Waals surface area contributed by atoms with Gasteiger partial charge in [-0.1, -0.05) is 60.1 Å². The number of para-hydroxylation sites is 3. The van der Waals surface area contributed by atoms with Crippen molar-refractivity contribution >= 4 is 46.2 Å². The van der Waals surface area contributed by atoms with Gasteiger partial charge in [-0.05, 0) is 67.1 Å². The fraction of sp³-hybridized carbons (Fsp3) is 0.171. The van der Waals surface area contributed by atoms with Gasteiger partial charge in [0.15, 0.2) is 17.5 Å². The van der Waals surface area contributed by atoms with Crippen LogP contribution in [-0.4, -0.2) is 52.5 Å². The van der Waals surface area contributed by atoms with Crippen LogP contribution in [0, 0.1) is 12.7 Å². The Kier molecular flexibility index (Phi) is 6.45. The van der Waals surface area contributed by atoms with Gasteiger partial charge in [0.2, 0.25) is 0 Å². The summed E-state index contributed by atoms with van der Waals surface area (Å²) in [6, 6.07) is 32.8. The van der Waals surface area contributed by atoms with E-state index in [4.69, 9.17) is 26.7 Å². The lowest BCUT2D eigenvalue weighted by molar-refractivity contribution is 0.389. The van der Waals surface area contributed by atoms with E-state index in [1.807, 2.05) is 84.4 Å². The zero-order valence-corrected chi connectivity index (χ0v) is 24.9. The van der Waals surface area contributed by atoms with Crippen LogP contribution in [0.1, 0.15) is 22.9 Å². The second-order valence-corrected chi connectivity index (χ2v) is 11.6. The summed E-state index contributed by atoms with van der Waals surface area (Å²) in [6.07, 6.45) is 0. The van der Waals surface area contributed by atoms with Gasteiger partial charge in [0.25, 0.3) is 0 Å². The zero-order chi connectivity index (χ0) is 29.8. The average molecular weight is 602 g/mol. The van der Waals surface area contributed by atoms with Crippen LogP contribution in [0.15, 0.2) is 113 Å². The molecule has 1 aromatic heterocycles. The predicted molar refractivity (Wildman–Crippen MR) is 175 cm³/mol. The van der Waals surface area contributed by atoms with Crippen LogP contribution in [-0.2, 0) is 0 Å². The van der Waals surface area contributed by atoms with E-state index in [9.17, 15) is 4.39 Å². The molecule has 0 saturated carbocycles. The molecule has 8 rings (SSSR count). The highest BCUT2D eigenvalue weighted by atomic mass is 35.5. The van der Waals surface area contributed by atoms with Crippen molar-refractivity contribution in [2.45, 2.75) is 13.0 Å². The molecular formula is C35H29ClFN7. The van der Waals surface area contributed by atoms with E-state index in [-0.39, 0.29) is 11.9 Å². The number of halogens is 2. The summed E-state index contributed by atoms with van der Waals surface area (Å²) in [5.74, 6) is 2.15. The van der Waals surface area contributed by atoms with Gasteiger partial charge in [0.05, 0.1) is 28.8 Å². The van der Waals surface area contributed by atoms with Crippen LogP contribution in [0.4, 0.5) is 27.3 Å². The molecule has 0 amide bonds. The normalized spacial score (nSPS) is 17.4. The molecule has 1 saturated heterocycles. The highest BCUT2D eigenvalue weighted by molar-refractivity contribution is 6.48. The van der Waals surface area contributed by atoms with Crippen molar-refractivity contribution in [2.75, 3.05) is 36.0 Å². The van der Waals surface area contributed by atoms with E-state index < -0.39 is 0 Å². The largest absolute Gasteiger partial charge is 0.368 e. The molecule has 0 bridgehead atoms. The Bertz CT molecular complexity index is 1920. The number of aromatic nitrogens is 2. The third-order valence-electron chi connectivity index (χ3n) is 8.59. The number of hydrogen-bond acceptors (Lipinski definition) is 6. The lowest BCUT2D eigenvalue weighted by Gasteiger charge is -2.44. The topological polar surface area (TPSA) is 52.3 Å². The van der Waals surface area contributed by atoms with Crippen LogP contribution >= 0.6 is 11.6 Å². The smallest absolute Gasteiger partial charge is 0.179 e. The summed E-state index contributed by atoms with van der Waals surface area (Å²) in [6.45, 7) is 5.08. The van der Waals surface area contributed by atoms with Gasteiger partial charge in [-0.3, -0.25) is 0 Å². The number of benzene rings is 4. The Morgan fingerprint density at radius 2 is 1.39 bits per heavy atom. The summed E-state index contributed by atoms with van der Waals surface area (Å²) in [5, 5.41) is 5.71. The minimum absolute atomic E-state index is 0.226. The van der Waals surface area contributed by atoms with Crippen LogP contribution in [0.2, 0.25) is 5.02 Å². The number of aryl methyl sites for hydroxylation is 1. The third kappa shape index (κ3) is 4.36. The second-order valence-electron chi connectivity index (χ2n) is 11.2. The molecule has 0 N–H and O–H groups in total. The van der Waals surface area contributed by atoms with E-state index in [1.165, 1.54) is 12.1 Å². The van der Waals surface area contributed by atoms with E-state index in [2.05, 4.69) is 32.9 Å². The van der Waals surface area contributed by atoms with E-state index in [0.717, 1.165) is 83.2 Å². The first-order chi connectivity index (χ1) is 21.6. The molecule has 4 aromatic carbocycles. The second kappa shape index (κ2) is 10.6. The number of fused-ring (bicyclic) bond motifs is 4. The highest BCUT2D eigenvalue weighted by Gasteiger charge is 2.43. The molecule has 3 aliphatic heterocycles. The minimum Gasteiger partial charge on any atom is -0.368 e. The summed E-state index contributed by atoms with van der Waals surface area (Å²) in [5.41, 5.74) is 6.71. The predicted octanol–water partition coefficient (Wildman–Crippen LogP) is 7.48. The van der Waals surface area contributed by atoms with Gasteiger partial charge < -0.3 is 14.7 Å². The summed E-state index contributed by atoms with van der Waals surface area (Å²) in [4.78, 5) is 17.5. The molecule has 0 radical (unpaired) electrons. The molecular weight excluding hydrogens is 573 g/mol. The Balaban J connectivity index is 1.28. The standard InChI is InChI=1S/C35H29ClFN7/c1-23-31-32(27-11-5-6-12-28(27)36)43-30-14-8-7-13-29(30)38-34(35(43)39-33(31)44(40-23)26-9-3-2-4-10-26)42-21-19-41(20-22-42)25-17-15-24(37)16-18-25/h2-18,32H,19-22H2,1H3/t32-/m0/s1. The van der Waals surface area contributed by atoms with Crippen molar-refractivity contribution in [3.05, 3.63) is 131 Å². The molecule has 0 unspecified atom stereocenters. The van der Waals surface area contributed by atoms with Gasteiger partial charge >= 0.3 is 0 Å². The quantitative estimate of drug-likeness (QED) is 0.215. The maximum Gasteiger partial charge on any atom is 0.179 e. The Labute approximate surface area is 260 Å². The van der Waals surface area contributed by atoms with Crippen molar-refractivity contribution in [1.29, 1.82) is 0 Å². The fourth-order valence-corrected chi connectivity index (χ4v) is 6.72. The number of hydrogen-bond donors (Lipinski definition) is 0. The Hall–Kier alpha value is -4.95. The molecule has 5 aromatic rings. The molecule has 9 heteroatoms. The first-order valence-electron chi connectivity index (χ1n) is 14.8. The molecule has 0 spiro atoms. The van der Waals surface area contributed by atoms with Gasteiger partial charge in [0.1, 0.15) is 5.82 Å². The van der Waals surface area contributed by atoms with E-state index in [1.54, 1.807) is 0 Å². The SMILES string of the molecule is Cc1nn(-c2ccccc2)c2c1[C@H](c1ccccc1Cl)N1C(=N2)C(N2CCN(c3ccc(F)cc3)CC2)=Nc2ccccc21. The van der Waals surface area contributed by atoms with Crippen molar-refractivity contribution in [3.8, 4) is 5.69 Å². The van der Waals surface area contributed by atoms with E-state index >= 15 is 0 Å². The van der Waals surface area contributed by atoms with Crippen LogP contribution in [0.5, 0.6) is 0 Å². The fourth-order valence-electron chi connectivity index (χ4n) is 6.48. The molecule has 3 aliphatic rings. The molecule has 1 atom stereocenters. The average Bonchev–Trinajstić information content (AvgIpc) is 3.40. The number of piperazine rings is 1. The minimum atomic E-state index is -0.268. The Morgan fingerprint density at radius 1 is 0.705 bits per heavy atom. The highest BCUT2D eigenvalue weighted by Crippen LogP contribution is 2.49. The molecule has 4 heterocycles.